The number of nitrogens with one attached hydrogen (secondary N) is 2. The minimum Gasteiger partial charge on any atom is -0.426 e. The number of benzene rings is 2. The number of amides is 1. The van der Waals surface area contributed by atoms with E-state index in [1.54, 1.807) is 11.8 Å². The van der Waals surface area contributed by atoms with Gasteiger partial charge in [-0.3, -0.25) is 14.4 Å². The van der Waals surface area contributed by atoms with Crippen molar-refractivity contribution >= 4 is 56.6 Å². The lowest BCUT2D eigenvalue weighted by Gasteiger charge is -2.46. The van der Waals surface area contributed by atoms with E-state index >= 15 is 0 Å². The van der Waals surface area contributed by atoms with Crippen LogP contribution in [-0.2, 0) is 9.59 Å². The number of hydrogen-bond acceptors (Lipinski definition) is 6. The highest BCUT2D eigenvalue weighted by Gasteiger charge is 2.67. The molecule has 2 fully saturated rings. The number of aromatic nitrogens is 1. The molecule has 3 aromatic rings. The molecule has 1 aromatic heterocycles. The van der Waals surface area contributed by atoms with E-state index in [1.807, 2.05) is 49.4 Å². The third-order valence-electron chi connectivity index (χ3n) is 8.12. The van der Waals surface area contributed by atoms with Crippen LogP contribution in [0.5, 0.6) is 5.75 Å². The number of ether oxygens (including phenoxy) is 1. The molecule has 7 atom stereocenters. The Labute approximate surface area is 218 Å². The first kappa shape index (κ1) is 21.9. The summed E-state index contributed by atoms with van der Waals surface area (Å²) in [6.45, 7) is 2.00. The molecule has 2 aromatic carbocycles. The molecule has 4 aliphatic rings. The number of rotatable bonds is 2. The molecule has 35 heavy (non-hydrogen) atoms. The van der Waals surface area contributed by atoms with Crippen molar-refractivity contribution in [3.05, 3.63) is 72.6 Å². The van der Waals surface area contributed by atoms with Crippen LogP contribution in [0.2, 0.25) is 0 Å². The van der Waals surface area contributed by atoms with Crippen LogP contribution in [0.15, 0.2) is 56.8 Å². The number of H-pyrrole nitrogens is 1. The summed E-state index contributed by atoms with van der Waals surface area (Å²) in [5.74, 6) is -0.701. The van der Waals surface area contributed by atoms with Crippen LogP contribution in [-0.4, -0.2) is 22.1 Å². The number of hydrogen-bond donors (Lipinski definition) is 2. The largest absolute Gasteiger partial charge is 0.426 e. The molecule has 2 N–H and O–H groups in total. The summed E-state index contributed by atoms with van der Waals surface area (Å²) >= 11 is 6.52. The standard InChI is InChI=1S/C26H21BrN2O4S2/c1-10-2-5-12(6-3-10)28-23(30)19-15-9-14-18-17(22-24(34-21(15)18)29-26(32)35-22)13-8-11(27)4-7-16(13)33-25(31)20(14)19/h2-8,14-15,17-21H,9H2,1H3,(H,28,30)(H,29,32)/t14-,15-,17+,18+,19-,20-,21+/m0/s1. The monoisotopic (exact) mass is 568 g/mol. The predicted molar refractivity (Wildman–Crippen MR) is 138 cm³/mol. The van der Waals surface area contributed by atoms with Crippen LogP contribution in [0.3, 0.4) is 0 Å². The second-order valence-electron chi connectivity index (χ2n) is 9.92. The molecule has 9 heteroatoms. The maximum absolute atomic E-state index is 13.6. The van der Waals surface area contributed by atoms with Crippen molar-refractivity contribution in [2.45, 2.75) is 29.5 Å². The Bertz CT molecular complexity index is 1450. The van der Waals surface area contributed by atoms with Gasteiger partial charge in [-0.1, -0.05) is 45.0 Å². The molecule has 1 amide bonds. The summed E-state index contributed by atoms with van der Waals surface area (Å²) in [6.07, 6.45) is 0.813. The number of carbonyl (C=O) groups is 2. The normalized spacial score (nSPS) is 31.7. The van der Waals surface area contributed by atoms with Gasteiger partial charge in [0.15, 0.2) is 0 Å². The van der Waals surface area contributed by atoms with Gasteiger partial charge in [0.05, 0.1) is 16.9 Å². The molecule has 6 nitrogen and oxygen atoms in total. The molecule has 0 spiro atoms. The van der Waals surface area contributed by atoms with Crippen molar-refractivity contribution in [1.82, 2.24) is 4.98 Å². The number of esters is 1. The maximum atomic E-state index is 13.6. The van der Waals surface area contributed by atoms with Gasteiger partial charge < -0.3 is 15.0 Å². The molecular formula is C26H21BrN2O4S2. The van der Waals surface area contributed by atoms with Gasteiger partial charge in [0.25, 0.3) is 0 Å². The average Bonchev–Trinajstić information content (AvgIpc) is 3.50. The average molecular weight is 570 g/mol. The van der Waals surface area contributed by atoms with Crippen LogP contribution in [0.1, 0.15) is 28.3 Å². The van der Waals surface area contributed by atoms with E-state index in [0.717, 1.165) is 37.6 Å². The maximum Gasteiger partial charge on any atom is 0.315 e. The second-order valence-corrected chi connectivity index (χ2v) is 13.0. The highest BCUT2D eigenvalue weighted by atomic mass is 79.9. The fraction of sp³-hybridized carbons (Fsp3) is 0.346. The van der Waals surface area contributed by atoms with Gasteiger partial charge in [-0.2, -0.15) is 0 Å². The van der Waals surface area contributed by atoms with Crippen LogP contribution in [0.4, 0.5) is 5.69 Å². The molecule has 2 bridgehead atoms. The van der Waals surface area contributed by atoms with E-state index in [-0.39, 0.29) is 45.7 Å². The quantitative estimate of drug-likeness (QED) is 0.329. The number of carbonyl (C=O) groups excluding carboxylic acids is 2. The number of anilines is 1. The molecular weight excluding hydrogens is 548 g/mol. The fourth-order valence-electron chi connectivity index (χ4n) is 6.86. The van der Waals surface area contributed by atoms with Crippen LogP contribution < -0.4 is 14.9 Å². The van der Waals surface area contributed by atoms with Gasteiger partial charge in [-0.05, 0) is 61.4 Å². The van der Waals surface area contributed by atoms with E-state index in [9.17, 15) is 14.4 Å². The Balaban J connectivity index is 1.35. The number of thiazole rings is 1. The third kappa shape index (κ3) is 3.24. The van der Waals surface area contributed by atoms with E-state index in [0.29, 0.717) is 5.75 Å². The van der Waals surface area contributed by atoms with Gasteiger partial charge >= 0.3 is 10.8 Å². The molecule has 0 unspecified atom stereocenters. The lowest BCUT2D eigenvalue weighted by Crippen LogP contribution is -2.50. The van der Waals surface area contributed by atoms with E-state index < -0.39 is 11.8 Å². The SMILES string of the molecule is Cc1ccc(NC(=O)[C@H]2[C@@H]3C[C@@H]4[C@@H]2C(=O)Oc2ccc(Br)cc2[C@H]2c5sc(=O)[nH]c5S[C@H]3[C@@H]24)cc1. The van der Waals surface area contributed by atoms with Gasteiger partial charge in [0.2, 0.25) is 5.91 Å². The number of fused-ring (bicyclic) bond motifs is 6. The Morgan fingerprint density at radius 3 is 2.74 bits per heavy atom. The lowest BCUT2D eigenvalue weighted by molar-refractivity contribution is -0.147. The van der Waals surface area contributed by atoms with E-state index in [2.05, 4.69) is 26.2 Å². The second kappa shape index (κ2) is 7.82. The van der Waals surface area contributed by atoms with E-state index in [1.165, 1.54) is 11.3 Å². The van der Waals surface area contributed by atoms with Gasteiger partial charge in [0.1, 0.15) is 5.75 Å². The molecule has 3 heterocycles. The highest BCUT2D eigenvalue weighted by molar-refractivity contribution is 9.10. The Morgan fingerprint density at radius 1 is 1.14 bits per heavy atom. The number of aryl methyl sites for hydroxylation is 1. The molecule has 7 rings (SSSR count). The number of aromatic amines is 1. The van der Waals surface area contributed by atoms with Gasteiger partial charge in [-0.25, -0.2) is 0 Å². The molecule has 2 saturated carbocycles. The first-order valence-electron chi connectivity index (χ1n) is 11.7. The topological polar surface area (TPSA) is 88.3 Å². The molecule has 0 saturated heterocycles. The van der Waals surface area contributed by atoms with Crippen LogP contribution in [0.25, 0.3) is 0 Å². The molecule has 2 aliphatic carbocycles. The third-order valence-corrected chi connectivity index (χ3v) is 11.2. The minimum atomic E-state index is -0.496. The summed E-state index contributed by atoms with van der Waals surface area (Å²) in [5, 5.41) is 4.10. The first-order valence-corrected chi connectivity index (χ1v) is 14.2. The van der Waals surface area contributed by atoms with Crippen molar-refractivity contribution in [3.63, 3.8) is 0 Å². The minimum absolute atomic E-state index is 0.0289. The smallest absolute Gasteiger partial charge is 0.315 e. The summed E-state index contributed by atoms with van der Waals surface area (Å²) < 4.78 is 6.91. The van der Waals surface area contributed by atoms with E-state index in [4.69, 9.17) is 4.74 Å². The summed E-state index contributed by atoms with van der Waals surface area (Å²) in [7, 11) is 0. The lowest BCUT2D eigenvalue weighted by atomic mass is 9.66. The predicted octanol–water partition coefficient (Wildman–Crippen LogP) is 5.17. The van der Waals surface area contributed by atoms with Gasteiger partial charge in [0, 0.05) is 31.8 Å². The Morgan fingerprint density at radius 2 is 1.94 bits per heavy atom. The van der Waals surface area contributed by atoms with Crippen LogP contribution in [0, 0.1) is 36.5 Å². The Hall–Kier alpha value is -2.36. The summed E-state index contributed by atoms with van der Waals surface area (Å²) in [5.41, 5.74) is 2.78. The van der Waals surface area contributed by atoms with Crippen LogP contribution >= 0.6 is 39.0 Å². The zero-order valence-electron chi connectivity index (χ0n) is 18.6. The van der Waals surface area contributed by atoms with Crippen molar-refractivity contribution in [2.24, 2.45) is 29.6 Å². The first-order chi connectivity index (χ1) is 16.9. The zero-order valence-corrected chi connectivity index (χ0v) is 21.8. The molecule has 0 radical (unpaired) electrons. The molecule has 2 aliphatic heterocycles. The zero-order chi connectivity index (χ0) is 24.0. The van der Waals surface area contributed by atoms with Crippen molar-refractivity contribution in [3.8, 4) is 5.75 Å². The van der Waals surface area contributed by atoms with Crippen molar-refractivity contribution in [1.29, 1.82) is 0 Å². The van der Waals surface area contributed by atoms with Gasteiger partial charge in [-0.15, -0.1) is 11.8 Å². The molecule has 178 valence electrons. The summed E-state index contributed by atoms with van der Waals surface area (Å²) in [4.78, 5) is 43.6. The Kier molecular flexibility index (Phi) is 4.89. The number of thioether (sulfide) groups is 1. The van der Waals surface area contributed by atoms with Crippen molar-refractivity contribution < 1.29 is 14.3 Å². The number of halogens is 1. The summed E-state index contributed by atoms with van der Waals surface area (Å²) in [6, 6.07) is 13.4. The van der Waals surface area contributed by atoms with Crippen molar-refractivity contribution in [2.75, 3.05) is 5.32 Å². The fourth-order valence-corrected chi connectivity index (χ4v) is 10.1. The highest BCUT2D eigenvalue weighted by Crippen LogP contribution is 2.68.